The molecule has 4 N–H and O–H groups in total. The molecule has 0 bridgehead atoms. The van der Waals surface area contributed by atoms with Crippen LogP contribution in [0.2, 0.25) is 10.1 Å². The van der Waals surface area contributed by atoms with Crippen molar-refractivity contribution >= 4 is 50.0 Å². The van der Waals surface area contributed by atoms with Crippen molar-refractivity contribution in [1.29, 1.82) is 0 Å². The molecule has 9 aromatic carbocycles. The Hall–Kier alpha value is -7.52. The van der Waals surface area contributed by atoms with Gasteiger partial charge in [0.15, 0.2) is 0 Å². The maximum absolute atomic E-state index is 9.97. The maximum atomic E-state index is 9.97. The molecule has 422 valence electrons. The highest BCUT2D eigenvalue weighted by Gasteiger charge is 2.53. The van der Waals surface area contributed by atoms with Gasteiger partial charge in [0.25, 0.3) is 0 Å². The molecule has 82 heavy (non-hydrogen) atoms. The fourth-order valence-corrected chi connectivity index (χ4v) is 19.9. The molecule has 9 nitrogen and oxygen atoms in total. The van der Waals surface area contributed by atoms with Gasteiger partial charge in [0, 0.05) is 37.2 Å². The second-order valence-electron chi connectivity index (χ2n) is 22.7. The van der Waals surface area contributed by atoms with Gasteiger partial charge in [-0.25, -0.2) is 0 Å². The normalized spacial score (nSPS) is 13.1. The van der Waals surface area contributed by atoms with Crippen molar-refractivity contribution in [1.82, 2.24) is 0 Å². The zero-order valence-corrected chi connectivity index (χ0v) is 50.1. The predicted octanol–water partition coefficient (Wildman–Crippen LogP) is 12.7. The van der Waals surface area contributed by atoms with Crippen molar-refractivity contribution < 1.29 is 43.6 Å². The van der Waals surface area contributed by atoms with Crippen LogP contribution >= 0.6 is 0 Å². The number of hydrogen-bond acceptors (Lipinski definition) is 9. The molecule has 0 radical (unpaired) electrons. The van der Waals surface area contributed by atoms with Crippen LogP contribution in [-0.2, 0) is 35.4 Å². The van der Waals surface area contributed by atoms with E-state index < -0.39 is 16.6 Å². The molecule has 2 heterocycles. The molecule has 1 saturated heterocycles. The van der Waals surface area contributed by atoms with Crippen molar-refractivity contribution in [3.8, 4) is 23.0 Å². The first-order valence-electron chi connectivity index (χ1n) is 28.2. The van der Waals surface area contributed by atoms with Crippen LogP contribution in [0.5, 0.6) is 23.0 Å². The van der Waals surface area contributed by atoms with Crippen LogP contribution in [-0.4, -0.2) is 57.7 Å². The summed E-state index contributed by atoms with van der Waals surface area (Å²) < 4.78 is 31.9. The van der Waals surface area contributed by atoms with Crippen molar-refractivity contribution in [2.75, 3.05) is 13.2 Å². The predicted molar refractivity (Wildman–Crippen MR) is 338 cm³/mol. The number of aromatic hydroxyl groups is 1. The van der Waals surface area contributed by atoms with E-state index in [1.807, 2.05) is 66.7 Å². The summed E-state index contributed by atoms with van der Waals surface area (Å²) in [6, 6.07) is 81.5. The summed E-state index contributed by atoms with van der Waals surface area (Å²) in [4.78, 5) is 0. The summed E-state index contributed by atoms with van der Waals surface area (Å²) >= 11 is 0. The monoisotopic (exact) mass is 1130 g/mol. The van der Waals surface area contributed by atoms with Crippen LogP contribution in [0, 0.1) is 0 Å². The van der Waals surface area contributed by atoms with Gasteiger partial charge in [0.2, 0.25) is 0 Å². The lowest BCUT2D eigenvalue weighted by atomic mass is 9.78. The first kappa shape index (κ1) is 60.6. The van der Waals surface area contributed by atoms with E-state index in [1.54, 1.807) is 6.07 Å². The fourth-order valence-electron chi connectivity index (χ4n) is 11.0. The van der Waals surface area contributed by atoms with Gasteiger partial charge in [0.05, 0.1) is 13.2 Å². The van der Waals surface area contributed by atoms with E-state index >= 15 is 0 Å². The van der Waals surface area contributed by atoms with E-state index in [2.05, 4.69) is 205 Å². The average molecular weight is 1130 g/mol. The Morgan fingerprint density at radius 2 is 0.854 bits per heavy atom. The number of hydrogen-bond donors (Lipinski definition) is 4. The smallest absolute Gasteiger partial charge is 0.534 e. The van der Waals surface area contributed by atoms with E-state index in [1.165, 1.54) is 44.7 Å². The zero-order valence-electron chi connectivity index (χ0n) is 48.1. The second-order valence-corrected chi connectivity index (χ2v) is 31.1. The summed E-state index contributed by atoms with van der Waals surface area (Å²) in [7, 11) is -5.87. The Balaban J connectivity index is 0.000000195. The first-order chi connectivity index (χ1) is 39.8. The van der Waals surface area contributed by atoms with Crippen LogP contribution in [0.15, 0.2) is 237 Å². The van der Waals surface area contributed by atoms with Crippen LogP contribution in [0.25, 0.3) is 0 Å². The molecule has 9 aromatic rings. The summed E-state index contributed by atoms with van der Waals surface area (Å²) in [5.74, 6) is 2.81. The lowest BCUT2D eigenvalue weighted by Gasteiger charge is -2.43. The molecule has 0 spiro atoms. The van der Waals surface area contributed by atoms with Gasteiger partial charge in [-0.2, -0.15) is 0 Å². The van der Waals surface area contributed by atoms with E-state index in [0.717, 1.165) is 59.0 Å². The summed E-state index contributed by atoms with van der Waals surface area (Å²) in [5.41, 5.74) is 7.08. The Bertz CT molecular complexity index is 3290. The lowest BCUT2D eigenvalue weighted by Crippen LogP contribution is -2.68. The fraction of sp³-hybridized carbons (Fsp3) is 0.229. The highest BCUT2D eigenvalue weighted by molar-refractivity contribution is 7.00. The van der Waals surface area contributed by atoms with Crippen molar-refractivity contribution in [2.45, 2.75) is 90.5 Å². The number of para-hydroxylation sites is 2. The van der Waals surface area contributed by atoms with Crippen molar-refractivity contribution in [3.05, 3.63) is 270 Å². The molecule has 0 aliphatic carbocycles. The topological polar surface area (TPSA) is 127 Å². The summed E-state index contributed by atoms with van der Waals surface area (Å²) in [6.45, 7) is 16.1. The number of fused-ring (bicyclic) bond motifs is 1. The van der Waals surface area contributed by atoms with Crippen LogP contribution in [0.3, 0.4) is 0 Å². The summed E-state index contributed by atoms with van der Waals surface area (Å²) in [5, 5.41) is 36.3. The lowest BCUT2D eigenvalue weighted by molar-refractivity contribution is -0.176. The molecule has 0 amide bonds. The molecular weight excluding hydrogens is 1050 g/mol. The van der Waals surface area contributed by atoms with Gasteiger partial charge in [-0.1, -0.05) is 242 Å². The van der Waals surface area contributed by atoms with Crippen LogP contribution in [0.1, 0.15) is 87.8 Å². The standard InChI is InChI=1S/C36H35BO3Si.C30H32O3Si.C4H8O.H2O2/c1-36(2,3)41(32-18-9-5-10-19-32,33-20-11-6-12-21-33)40-35-22-14-13-15-29(35)25-28-23-24-34-30(26-28)27-38-37(39-34)31-16-7-4-8-17-31;1-30(2,3)34(26-13-6-4-7-14-26,27-15-8-5-9-16-27)33-29-17-11-10-12-24(29)20-23-18-19-28(32)25(21-23)22-31;1-2-4-5-3-1;1-2/h4-24,26H,25,27H2,1-3H3;4-19,21,31-32H,20,22H2,1-3H3;1-4H2;1-2H. The number of phenols is 1. The minimum Gasteiger partial charge on any atom is -0.534 e. The highest BCUT2D eigenvalue weighted by Crippen LogP contribution is 2.41. The minimum absolute atomic E-state index is 0.112. The largest absolute Gasteiger partial charge is 0.563 e. The van der Waals surface area contributed by atoms with E-state index in [0.29, 0.717) is 18.6 Å². The quantitative estimate of drug-likeness (QED) is 0.0478. The molecule has 0 atom stereocenters. The van der Waals surface area contributed by atoms with Crippen LogP contribution < -0.4 is 39.7 Å². The maximum Gasteiger partial charge on any atom is 0.563 e. The highest BCUT2D eigenvalue weighted by atomic mass is 28.4. The van der Waals surface area contributed by atoms with Gasteiger partial charge >= 0.3 is 23.8 Å². The molecule has 2 aliphatic rings. The van der Waals surface area contributed by atoms with E-state index in [4.69, 9.17) is 33.4 Å². The Labute approximate surface area is 487 Å². The number of benzene rings is 9. The minimum atomic E-state index is -2.75. The van der Waals surface area contributed by atoms with Crippen molar-refractivity contribution in [3.63, 3.8) is 0 Å². The Morgan fingerprint density at radius 1 is 0.463 bits per heavy atom. The van der Waals surface area contributed by atoms with Gasteiger partial charge in [-0.15, -0.1) is 0 Å². The van der Waals surface area contributed by atoms with E-state index in [-0.39, 0.29) is 29.6 Å². The Morgan fingerprint density at radius 3 is 1.26 bits per heavy atom. The number of rotatable bonds is 14. The molecule has 0 aromatic heterocycles. The van der Waals surface area contributed by atoms with E-state index in [9.17, 15) is 10.2 Å². The Kier molecular flexibility index (Phi) is 21.0. The molecular formula is C70H77BO9Si2. The van der Waals surface area contributed by atoms with Gasteiger partial charge in [-0.3, -0.25) is 10.5 Å². The molecule has 12 heteroatoms. The number of aliphatic hydroxyl groups is 1. The molecule has 1 fully saturated rings. The van der Waals surface area contributed by atoms with Gasteiger partial charge < -0.3 is 33.1 Å². The molecule has 0 unspecified atom stereocenters. The van der Waals surface area contributed by atoms with Crippen LogP contribution in [0.4, 0.5) is 0 Å². The average Bonchev–Trinajstić information content (AvgIpc) is 4.03. The van der Waals surface area contributed by atoms with Gasteiger partial charge in [-0.05, 0) is 108 Å². The van der Waals surface area contributed by atoms with Crippen molar-refractivity contribution in [2.24, 2.45) is 0 Å². The SMILES string of the molecule is C1CCOC1.CC(C)(C)[Si](Oc1ccccc1Cc1ccc(O)c(CO)c1)(c1ccccc1)c1ccccc1.CC(C)(C)[Si](Oc1ccccc1Cc1ccc2c(c1)COB(c1ccccc1)O2)(c1ccccc1)c1ccccc1.OO. The number of ether oxygens (including phenoxy) is 1. The second kappa shape index (κ2) is 28.5. The molecule has 11 rings (SSSR count). The third kappa shape index (κ3) is 14.4. The zero-order chi connectivity index (χ0) is 58.0. The molecule has 2 aliphatic heterocycles. The summed E-state index contributed by atoms with van der Waals surface area (Å²) in [6.07, 6.45) is 3.95. The third-order valence-corrected chi connectivity index (χ3v) is 24.9. The molecule has 0 saturated carbocycles. The third-order valence-electron chi connectivity index (χ3n) is 15.1. The van der Waals surface area contributed by atoms with Gasteiger partial charge in [0.1, 0.15) is 23.0 Å². The number of aliphatic hydroxyl groups excluding tert-OH is 1. The first-order valence-corrected chi connectivity index (χ1v) is 32.0.